The SMILES string of the molecule is CCCCCCCCCCCCCCCCCCCCC(C(=O)O)(C(C)C)C(C)CCCCCCCCCCCCCCC. The van der Waals surface area contributed by atoms with Crippen LogP contribution in [-0.2, 0) is 4.79 Å². The lowest BCUT2D eigenvalue weighted by Crippen LogP contribution is -2.42. The molecule has 264 valence electrons. The van der Waals surface area contributed by atoms with Crippen molar-refractivity contribution < 1.29 is 9.90 Å². The average molecular weight is 621 g/mol. The van der Waals surface area contributed by atoms with Gasteiger partial charge < -0.3 is 5.11 Å². The lowest BCUT2D eigenvalue weighted by molar-refractivity contribution is -0.157. The molecular weight excluding hydrogens is 536 g/mol. The topological polar surface area (TPSA) is 37.3 Å². The standard InChI is InChI=1S/C42H84O2/c1-6-8-10-12-14-16-18-20-21-22-23-24-26-28-30-32-34-36-38-42(39(3)4,41(43)44)40(5)37-35-33-31-29-27-25-19-17-15-13-11-9-7-2/h39-40H,6-38H2,1-5H3,(H,43,44). The second-order valence-corrected chi connectivity index (χ2v) is 15.2. The van der Waals surface area contributed by atoms with Gasteiger partial charge in [0.2, 0.25) is 0 Å². The van der Waals surface area contributed by atoms with E-state index >= 15 is 0 Å². The molecule has 0 saturated heterocycles. The normalized spacial score (nSPS) is 13.9. The van der Waals surface area contributed by atoms with Crippen molar-refractivity contribution in [3.63, 3.8) is 0 Å². The van der Waals surface area contributed by atoms with Crippen LogP contribution in [-0.4, -0.2) is 11.1 Å². The quantitative estimate of drug-likeness (QED) is 0.0707. The highest BCUT2D eigenvalue weighted by molar-refractivity contribution is 5.75. The third-order valence-electron chi connectivity index (χ3n) is 11.0. The molecular formula is C42H84O2. The fraction of sp³-hybridized carbons (Fsp3) is 0.976. The molecule has 0 aromatic carbocycles. The van der Waals surface area contributed by atoms with Crippen molar-refractivity contribution in [1.29, 1.82) is 0 Å². The lowest BCUT2D eigenvalue weighted by Gasteiger charge is -2.39. The number of aliphatic carboxylic acids is 1. The van der Waals surface area contributed by atoms with Crippen molar-refractivity contribution in [2.24, 2.45) is 17.3 Å². The van der Waals surface area contributed by atoms with Crippen LogP contribution in [0.25, 0.3) is 0 Å². The number of carbonyl (C=O) groups is 1. The van der Waals surface area contributed by atoms with Crippen molar-refractivity contribution in [1.82, 2.24) is 0 Å². The molecule has 0 heterocycles. The van der Waals surface area contributed by atoms with Crippen LogP contribution >= 0.6 is 0 Å². The van der Waals surface area contributed by atoms with Crippen LogP contribution in [0.1, 0.15) is 247 Å². The van der Waals surface area contributed by atoms with Crippen molar-refractivity contribution in [3.05, 3.63) is 0 Å². The molecule has 0 aliphatic heterocycles. The number of hydrogen-bond acceptors (Lipinski definition) is 1. The minimum absolute atomic E-state index is 0.197. The molecule has 2 heteroatoms. The van der Waals surface area contributed by atoms with Gasteiger partial charge in [0, 0.05) is 0 Å². The van der Waals surface area contributed by atoms with E-state index < -0.39 is 11.4 Å². The van der Waals surface area contributed by atoms with Crippen molar-refractivity contribution in [2.45, 2.75) is 247 Å². The summed E-state index contributed by atoms with van der Waals surface area (Å²) in [5.74, 6) is -0.0806. The zero-order valence-corrected chi connectivity index (χ0v) is 31.3. The first kappa shape index (κ1) is 43.5. The maximum absolute atomic E-state index is 12.7. The van der Waals surface area contributed by atoms with Crippen molar-refractivity contribution >= 4 is 5.97 Å². The average Bonchev–Trinajstić information content (AvgIpc) is 3.00. The maximum Gasteiger partial charge on any atom is 0.310 e. The molecule has 0 amide bonds. The van der Waals surface area contributed by atoms with Crippen LogP contribution < -0.4 is 0 Å². The second kappa shape index (κ2) is 32.4. The van der Waals surface area contributed by atoms with Gasteiger partial charge in [0.1, 0.15) is 0 Å². The third kappa shape index (κ3) is 23.8. The third-order valence-corrected chi connectivity index (χ3v) is 11.0. The molecule has 0 aliphatic carbocycles. The molecule has 0 aromatic heterocycles. The van der Waals surface area contributed by atoms with Gasteiger partial charge in [-0.3, -0.25) is 4.79 Å². The first-order valence-electron chi connectivity index (χ1n) is 20.7. The number of rotatable bonds is 36. The van der Waals surface area contributed by atoms with Gasteiger partial charge >= 0.3 is 5.97 Å². The first-order valence-corrected chi connectivity index (χ1v) is 20.7. The number of carboxylic acids is 1. The monoisotopic (exact) mass is 621 g/mol. The summed E-state index contributed by atoms with van der Waals surface area (Å²) in [7, 11) is 0. The highest BCUT2D eigenvalue weighted by Crippen LogP contribution is 2.43. The molecule has 0 aromatic rings. The van der Waals surface area contributed by atoms with Crippen LogP contribution in [0.5, 0.6) is 0 Å². The highest BCUT2D eigenvalue weighted by Gasteiger charge is 2.45. The highest BCUT2D eigenvalue weighted by atomic mass is 16.4. The number of hydrogen-bond donors (Lipinski definition) is 1. The van der Waals surface area contributed by atoms with Crippen LogP contribution in [0.2, 0.25) is 0 Å². The largest absolute Gasteiger partial charge is 0.481 e. The molecule has 0 saturated carbocycles. The van der Waals surface area contributed by atoms with Crippen LogP contribution in [0, 0.1) is 17.3 Å². The van der Waals surface area contributed by atoms with E-state index in [0.29, 0.717) is 0 Å². The van der Waals surface area contributed by atoms with Crippen LogP contribution in [0.3, 0.4) is 0 Å². The molecule has 2 unspecified atom stereocenters. The van der Waals surface area contributed by atoms with E-state index in [9.17, 15) is 9.90 Å². The summed E-state index contributed by atoms with van der Waals surface area (Å²) in [5, 5.41) is 10.4. The van der Waals surface area contributed by atoms with Gasteiger partial charge in [-0.2, -0.15) is 0 Å². The molecule has 0 fully saturated rings. The van der Waals surface area contributed by atoms with Crippen molar-refractivity contribution in [3.8, 4) is 0 Å². The van der Waals surface area contributed by atoms with E-state index in [2.05, 4.69) is 34.6 Å². The molecule has 0 radical (unpaired) electrons. The predicted octanol–water partition coefficient (Wildman–Crippen LogP) is 15.3. The molecule has 0 bridgehead atoms. The smallest absolute Gasteiger partial charge is 0.310 e. The molecule has 0 aliphatic rings. The zero-order chi connectivity index (χ0) is 32.6. The summed E-state index contributed by atoms with van der Waals surface area (Å²) in [5.41, 5.74) is -0.549. The minimum atomic E-state index is -0.549. The van der Waals surface area contributed by atoms with Gasteiger partial charge in [0.25, 0.3) is 0 Å². The molecule has 2 atom stereocenters. The van der Waals surface area contributed by atoms with E-state index in [4.69, 9.17) is 0 Å². The Labute approximate surface area is 279 Å². The van der Waals surface area contributed by atoms with Crippen molar-refractivity contribution in [2.75, 3.05) is 0 Å². The van der Waals surface area contributed by atoms with Gasteiger partial charge in [0.15, 0.2) is 0 Å². The Morgan fingerprint density at radius 2 is 0.682 bits per heavy atom. The zero-order valence-electron chi connectivity index (χ0n) is 31.3. The van der Waals surface area contributed by atoms with Gasteiger partial charge in [-0.05, 0) is 24.7 Å². The van der Waals surface area contributed by atoms with Gasteiger partial charge in [-0.25, -0.2) is 0 Å². The summed E-state index contributed by atoms with van der Waals surface area (Å²) < 4.78 is 0. The Bertz CT molecular complexity index is 584. The first-order chi connectivity index (χ1) is 21.4. The molecule has 0 rings (SSSR count). The minimum Gasteiger partial charge on any atom is -0.481 e. The lowest BCUT2D eigenvalue weighted by atomic mass is 9.64. The summed E-state index contributed by atoms with van der Waals surface area (Å²) >= 11 is 0. The van der Waals surface area contributed by atoms with Crippen LogP contribution in [0.15, 0.2) is 0 Å². The summed E-state index contributed by atoms with van der Waals surface area (Å²) in [4.78, 5) is 12.7. The Kier molecular flexibility index (Phi) is 32.0. The maximum atomic E-state index is 12.7. The van der Waals surface area contributed by atoms with E-state index in [1.165, 1.54) is 193 Å². The van der Waals surface area contributed by atoms with E-state index in [1.807, 2.05) is 0 Å². The Balaban J connectivity index is 3.89. The van der Waals surface area contributed by atoms with Gasteiger partial charge in [0.05, 0.1) is 5.41 Å². The number of carboxylic acid groups (broad SMARTS) is 1. The summed E-state index contributed by atoms with van der Waals surface area (Å²) in [6.07, 6.45) is 44.5. The molecule has 0 spiro atoms. The van der Waals surface area contributed by atoms with E-state index in [0.717, 1.165) is 19.3 Å². The van der Waals surface area contributed by atoms with E-state index in [-0.39, 0.29) is 11.8 Å². The molecule has 44 heavy (non-hydrogen) atoms. The molecule has 1 N–H and O–H groups in total. The fourth-order valence-corrected chi connectivity index (χ4v) is 7.71. The van der Waals surface area contributed by atoms with Gasteiger partial charge in [-0.1, -0.05) is 234 Å². The second-order valence-electron chi connectivity index (χ2n) is 15.2. The predicted molar refractivity (Wildman–Crippen MR) is 198 cm³/mol. The fourth-order valence-electron chi connectivity index (χ4n) is 7.71. The molecule has 2 nitrogen and oxygen atoms in total. The Hall–Kier alpha value is -0.530. The summed E-state index contributed by atoms with van der Waals surface area (Å²) in [6, 6.07) is 0. The van der Waals surface area contributed by atoms with Crippen LogP contribution in [0.4, 0.5) is 0 Å². The Morgan fingerprint density at radius 1 is 0.432 bits per heavy atom. The van der Waals surface area contributed by atoms with Gasteiger partial charge in [-0.15, -0.1) is 0 Å². The van der Waals surface area contributed by atoms with E-state index in [1.54, 1.807) is 0 Å². The summed E-state index contributed by atoms with van der Waals surface area (Å²) in [6.45, 7) is 11.1. The Morgan fingerprint density at radius 3 is 0.932 bits per heavy atom. The number of unbranched alkanes of at least 4 members (excludes halogenated alkanes) is 29.